The molecule has 0 aliphatic heterocycles. The lowest BCUT2D eigenvalue weighted by Gasteiger charge is -2.08. The molecule has 0 atom stereocenters. The van der Waals surface area contributed by atoms with E-state index in [1.165, 1.54) is 12.4 Å². The smallest absolute Gasteiger partial charge is 0.296 e. The number of aryl methyl sites for hydroxylation is 1. The number of aliphatic hydroxyl groups excluding tert-OH is 1. The van der Waals surface area contributed by atoms with Crippen LogP contribution in [0.15, 0.2) is 42.7 Å². The summed E-state index contributed by atoms with van der Waals surface area (Å²) in [5, 5.41) is 11.6. The molecule has 0 fully saturated rings. The molecule has 20 heavy (non-hydrogen) atoms. The Morgan fingerprint density at radius 2 is 1.90 bits per heavy atom. The minimum Gasteiger partial charge on any atom is -0.392 e. The van der Waals surface area contributed by atoms with Crippen LogP contribution >= 0.6 is 0 Å². The molecule has 0 saturated carbocycles. The van der Waals surface area contributed by atoms with Crippen molar-refractivity contribution in [3.8, 4) is 0 Å². The number of ketones is 1. The monoisotopic (exact) mass is 270 g/mol. The number of benzene rings is 1. The summed E-state index contributed by atoms with van der Waals surface area (Å²) in [4.78, 5) is 27.7. The van der Waals surface area contributed by atoms with Gasteiger partial charge in [-0.2, -0.15) is 0 Å². The molecule has 5 nitrogen and oxygen atoms in total. The highest BCUT2D eigenvalue weighted by atomic mass is 16.3. The molecule has 0 bridgehead atoms. The number of anilines is 1. The second-order valence-corrected chi connectivity index (χ2v) is 4.34. The van der Waals surface area contributed by atoms with Crippen molar-refractivity contribution in [2.75, 3.05) is 5.32 Å². The maximum atomic E-state index is 12.0. The van der Waals surface area contributed by atoms with Gasteiger partial charge in [-0.05, 0) is 13.0 Å². The summed E-state index contributed by atoms with van der Waals surface area (Å²) in [6, 6.07) is 8.32. The van der Waals surface area contributed by atoms with Crippen LogP contribution in [0.1, 0.15) is 21.5 Å². The first-order valence-electron chi connectivity index (χ1n) is 6.08. The molecule has 0 aliphatic rings. The molecule has 0 spiro atoms. The molecule has 1 aromatic carbocycles. The number of aromatic nitrogens is 1. The van der Waals surface area contributed by atoms with Crippen molar-refractivity contribution in [3.05, 3.63) is 59.4 Å². The zero-order valence-electron chi connectivity index (χ0n) is 11.0. The largest absolute Gasteiger partial charge is 0.392 e. The predicted octanol–water partition coefficient (Wildman–Crippen LogP) is 1.70. The van der Waals surface area contributed by atoms with Gasteiger partial charge in [-0.25, -0.2) is 0 Å². The van der Waals surface area contributed by atoms with Crippen LogP contribution in [0.4, 0.5) is 5.69 Å². The number of aliphatic hydroxyl groups is 1. The van der Waals surface area contributed by atoms with Crippen LogP contribution in [0, 0.1) is 6.92 Å². The molecular weight excluding hydrogens is 256 g/mol. The summed E-state index contributed by atoms with van der Waals surface area (Å²) in [5.41, 5.74) is 2.17. The Bertz CT molecular complexity index is 636. The van der Waals surface area contributed by atoms with Crippen LogP contribution in [-0.2, 0) is 11.4 Å². The van der Waals surface area contributed by atoms with Gasteiger partial charge in [-0.3, -0.25) is 14.6 Å². The Balaban J connectivity index is 2.15. The van der Waals surface area contributed by atoms with Crippen molar-refractivity contribution in [2.24, 2.45) is 0 Å². The number of pyridine rings is 1. The molecule has 1 aromatic heterocycles. The summed E-state index contributed by atoms with van der Waals surface area (Å²) < 4.78 is 0. The number of nitrogens with zero attached hydrogens (tertiary/aromatic N) is 1. The fourth-order valence-electron chi connectivity index (χ4n) is 1.69. The molecule has 0 radical (unpaired) electrons. The van der Waals surface area contributed by atoms with E-state index in [1.54, 1.807) is 30.3 Å². The number of hydrogen-bond donors (Lipinski definition) is 2. The first kappa shape index (κ1) is 13.9. The normalized spacial score (nSPS) is 10.1. The number of amides is 1. The number of hydrogen-bond acceptors (Lipinski definition) is 4. The minimum atomic E-state index is -0.753. The zero-order valence-corrected chi connectivity index (χ0v) is 11.0. The molecule has 5 heteroatoms. The van der Waals surface area contributed by atoms with E-state index in [-0.39, 0.29) is 6.61 Å². The molecule has 0 unspecified atom stereocenters. The van der Waals surface area contributed by atoms with Gasteiger partial charge < -0.3 is 10.4 Å². The number of Topliss-reactive ketones (excluding diaryl/α,β-unsaturated/α-hetero) is 1. The molecule has 2 N–H and O–H groups in total. The van der Waals surface area contributed by atoms with Gasteiger partial charge in [0.15, 0.2) is 0 Å². The Hall–Kier alpha value is -2.53. The van der Waals surface area contributed by atoms with Crippen molar-refractivity contribution < 1.29 is 14.7 Å². The Morgan fingerprint density at radius 3 is 2.55 bits per heavy atom. The lowest BCUT2D eigenvalue weighted by atomic mass is 10.1. The van der Waals surface area contributed by atoms with Crippen LogP contribution in [-0.4, -0.2) is 21.8 Å². The number of carbonyl (C=O) groups is 2. The maximum absolute atomic E-state index is 12.0. The summed E-state index contributed by atoms with van der Waals surface area (Å²) in [6.45, 7) is 1.66. The van der Waals surface area contributed by atoms with Gasteiger partial charge in [0, 0.05) is 17.3 Å². The van der Waals surface area contributed by atoms with E-state index in [1.807, 2.05) is 6.92 Å². The molecule has 2 aromatic rings. The van der Waals surface area contributed by atoms with Crippen molar-refractivity contribution in [1.82, 2.24) is 4.98 Å². The van der Waals surface area contributed by atoms with Gasteiger partial charge in [0.2, 0.25) is 0 Å². The first-order chi connectivity index (χ1) is 9.61. The van der Waals surface area contributed by atoms with Crippen LogP contribution in [0.5, 0.6) is 0 Å². The molecule has 102 valence electrons. The highest BCUT2D eigenvalue weighted by Gasteiger charge is 2.17. The maximum Gasteiger partial charge on any atom is 0.296 e. The van der Waals surface area contributed by atoms with Crippen molar-refractivity contribution in [3.63, 3.8) is 0 Å². The average Bonchev–Trinajstić information content (AvgIpc) is 2.48. The third-order valence-corrected chi connectivity index (χ3v) is 2.85. The topological polar surface area (TPSA) is 79.3 Å². The van der Waals surface area contributed by atoms with Crippen LogP contribution in [0.3, 0.4) is 0 Å². The van der Waals surface area contributed by atoms with Crippen molar-refractivity contribution in [2.45, 2.75) is 13.5 Å². The second kappa shape index (κ2) is 6.08. The number of nitrogens with one attached hydrogen (secondary N) is 1. The van der Waals surface area contributed by atoms with Gasteiger partial charge in [0.25, 0.3) is 11.7 Å². The Kier molecular flexibility index (Phi) is 4.22. The van der Waals surface area contributed by atoms with Crippen molar-refractivity contribution in [1.29, 1.82) is 0 Å². The summed E-state index contributed by atoms with van der Waals surface area (Å²) in [6.07, 6.45) is 2.90. The molecule has 1 amide bonds. The minimum absolute atomic E-state index is 0.239. The van der Waals surface area contributed by atoms with Gasteiger partial charge >= 0.3 is 0 Å². The van der Waals surface area contributed by atoms with E-state index in [2.05, 4.69) is 10.3 Å². The van der Waals surface area contributed by atoms with E-state index in [0.717, 1.165) is 5.56 Å². The third-order valence-electron chi connectivity index (χ3n) is 2.85. The highest BCUT2D eigenvalue weighted by Crippen LogP contribution is 2.14. The van der Waals surface area contributed by atoms with E-state index in [4.69, 9.17) is 5.11 Å². The Labute approximate surface area is 116 Å². The number of carbonyl (C=O) groups excluding carboxylic acids is 2. The molecule has 0 aliphatic carbocycles. The number of rotatable bonds is 4. The quantitative estimate of drug-likeness (QED) is 0.654. The fraction of sp³-hybridized carbons (Fsp3) is 0.133. The van der Waals surface area contributed by atoms with E-state index < -0.39 is 11.7 Å². The average molecular weight is 270 g/mol. The van der Waals surface area contributed by atoms with Gasteiger partial charge in [-0.15, -0.1) is 0 Å². The molecule has 1 heterocycles. The third kappa shape index (κ3) is 3.07. The highest BCUT2D eigenvalue weighted by molar-refractivity contribution is 6.46. The van der Waals surface area contributed by atoms with Gasteiger partial charge in [-0.1, -0.05) is 29.8 Å². The van der Waals surface area contributed by atoms with Crippen LogP contribution < -0.4 is 5.32 Å². The van der Waals surface area contributed by atoms with E-state index >= 15 is 0 Å². The van der Waals surface area contributed by atoms with E-state index in [0.29, 0.717) is 16.8 Å². The lowest BCUT2D eigenvalue weighted by molar-refractivity contribution is -0.112. The predicted molar refractivity (Wildman–Crippen MR) is 74.3 cm³/mol. The zero-order chi connectivity index (χ0) is 14.5. The second-order valence-electron chi connectivity index (χ2n) is 4.34. The van der Waals surface area contributed by atoms with Crippen molar-refractivity contribution >= 4 is 17.4 Å². The van der Waals surface area contributed by atoms with Gasteiger partial charge in [0.1, 0.15) is 0 Å². The molecule has 2 rings (SSSR count). The first-order valence-corrected chi connectivity index (χ1v) is 6.08. The molecule has 0 saturated heterocycles. The van der Waals surface area contributed by atoms with Crippen LogP contribution in [0.2, 0.25) is 0 Å². The molecular formula is C15H14N2O3. The summed E-state index contributed by atoms with van der Waals surface area (Å²) >= 11 is 0. The summed E-state index contributed by atoms with van der Waals surface area (Å²) in [7, 11) is 0. The van der Waals surface area contributed by atoms with Gasteiger partial charge in [0.05, 0.1) is 18.5 Å². The van der Waals surface area contributed by atoms with Crippen LogP contribution in [0.25, 0.3) is 0 Å². The summed E-state index contributed by atoms with van der Waals surface area (Å²) in [5.74, 6) is -1.38. The standard InChI is InChI=1S/C15H14N2O3/c1-10-2-4-11(5-3-10)14(19)15(20)17-13-8-16-7-6-12(13)9-18/h2-8,18H,9H2,1H3,(H,17,20). The van der Waals surface area contributed by atoms with E-state index in [9.17, 15) is 9.59 Å². The lowest BCUT2D eigenvalue weighted by Crippen LogP contribution is -2.23. The SMILES string of the molecule is Cc1ccc(C(=O)C(=O)Nc2cnccc2CO)cc1. The Morgan fingerprint density at radius 1 is 1.20 bits per heavy atom. The fourth-order valence-corrected chi connectivity index (χ4v) is 1.69.